The number of piperazine rings is 2. The number of likely N-dealkylation sites (N-methyl/N-ethyl adjacent to an activating group) is 1. The highest BCUT2D eigenvalue weighted by atomic mass is 15.3. The van der Waals surface area contributed by atoms with Crippen LogP contribution < -0.4 is 43.0 Å². The smallest absolute Gasteiger partial charge is 0.0112 e. The Hall–Kier alpha value is -0.560. The fourth-order valence-electron chi connectivity index (χ4n) is 11.1. The van der Waals surface area contributed by atoms with Gasteiger partial charge in [-0.3, -0.25) is 4.90 Å². The van der Waals surface area contributed by atoms with Crippen LogP contribution in [0.1, 0.15) is 315 Å². The molecule has 0 aromatic carbocycles. The highest BCUT2D eigenvalue weighted by Gasteiger charge is 2.20. The van der Waals surface area contributed by atoms with Gasteiger partial charge in [0.1, 0.15) is 0 Å². The van der Waals surface area contributed by atoms with Gasteiger partial charge in [-0.1, -0.05) is 195 Å². The Morgan fingerprint density at radius 1 is 0.402 bits per heavy atom. The molecule has 0 aromatic rings. The Bertz CT molecular complexity index is 1330. The molecule has 0 amide bonds. The molecule has 0 aromatic heterocycles. The molecule has 14 nitrogen and oxygen atoms in total. The van der Waals surface area contributed by atoms with Crippen LogP contribution in [0.4, 0.5) is 0 Å². The van der Waals surface area contributed by atoms with Gasteiger partial charge in [0.15, 0.2) is 0 Å². The highest BCUT2D eigenvalue weighted by molar-refractivity contribution is 4.76. The first-order valence-corrected chi connectivity index (χ1v) is 41.7. The molecule has 0 atom stereocenters. The third-order valence-corrected chi connectivity index (χ3v) is 18.4. The van der Waals surface area contributed by atoms with Gasteiger partial charge in [0.2, 0.25) is 0 Å². The molecular weight excluding hydrogens is 1190 g/mol. The molecule has 6 fully saturated rings. The predicted molar refractivity (Wildman–Crippen MR) is 446 cm³/mol. The standard InChI is InChI=1S/C10H21N.C10H20.2C8H18N2.C8H17N.C7H15N.2C7H17N.C6H16N2.3C4H11N/c1-9(2)11(3)10-7-5-4-6-8-10;1-9(2)8-10-6-4-3-5-7-10;1-8(2)10-6-4-9(3)5-7-10;1-8(2)7-10-5-3-9-4-6-10;1-8(2)9-6-4-3-5-7-9;1-7(2)8-5-3-4-6-8;2*1-4-5-6-8-7(2)3;1-6(2)8-5-3-4-7;3*1-4(2)5-3/h9-10H,4-8H2,1-3H3;9-10H,3-8H2,1-2H3;8H,4-7H2,1-3H3;8-9H,3-7H2,1-2H3;8H,3-7H2,1-2H3;7H,3-6H2,1-2H3;2*7-8H,4-6H2,1-3H3;6,8H,3-5,7H2,1-2H3;3*4-5H,1-3H3. The zero-order chi connectivity index (χ0) is 75.4. The average molecular weight is 1390 g/mol. The molecule has 0 radical (unpaired) electrons. The van der Waals surface area contributed by atoms with Gasteiger partial charge >= 0.3 is 0 Å². The Kier molecular flexibility index (Phi) is 86.4. The second-order valence-electron chi connectivity index (χ2n) is 32.6. The average Bonchev–Trinajstić information content (AvgIpc) is 1.77. The number of hydrogen-bond donors (Lipinski definition) is 8. The SMILES string of the molecule is CC(C)CC1CCCCC1.CC(C)CN1CCNCC1.CC(C)N(C)C1CCCCC1.CC(C)N1CCCC1.CC(C)N1CCCCC1.CC(C)N1CCN(C)CC1.CC(C)NCCCN.CCCCNC(C)C.CCCCNC(C)C.CNC(C)C.CNC(C)C.CNC(C)C. The molecule has 2 saturated carbocycles. The molecule has 6 rings (SSSR count). The van der Waals surface area contributed by atoms with Crippen LogP contribution in [0.2, 0.25) is 0 Å². The molecule has 2 aliphatic carbocycles. The molecule has 6 aliphatic rings. The lowest BCUT2D eigenvalue weighted by Gasteiger charge is -2.34. The van der Waals surface area contributed by atoms with Crippen LogP contribution in [-0.2, 0) is 0 Å². The molecule has 4 aliphatic heterocycles. The fourth-order valence-corrected chi connectivity index (χ4v) is 11.1. The van der Waals surface area contributed by atoms with Crippen LogP contribution >= 0.6 is 0 Å². The van der Waals surface area contributed by atoms with E-state index in [0.29, 0.717) is 36.3 Å². The topological polar surface area (TPSA) is 130 Å². The Morgan fingerprint density at radius 2 is 0.722 bits per heavy atom. The van der Waals surface area contributed by atoms with Gasteiger partial charge in [0, 0.05) is 125 Å². The normalized spacial score (nSPS) is 17.5. The van der Waals surface area contributed by atoms with E-state index in [9.17, 15) is 0 Å². The molecule has 0 bridgehead atoms. The third-order valence-electron chi connectivity index (χ3n) is 18.4. The van der Waals surface area contributed by atoms with Crippen molar-refractivity contribution in [1.29, 1.82) is 0 Å². The summed E-state index contributed by atoms with van der Waals surface area (Å²) in [6.45, 7) is 78.1. The monoisotopic (exact) mass is 1390 g/mol. The predicted octanol–water partition coefficient (Wildman–Crippen LogP) is 16.6. The Balaban J connectivity index is -0.000000235. The second kappa shape index (κ2) is 78.0. The van der Waals surface area contributed by atoms with Gasteiger partial charge in [-0.15, -0.1) is 0 Å². The van der Waals surface area contributed by atoms with E-state index in [4.69, 9.17) is 5.73 Å². The van der Waals surface area contributed by atoms with Crippen molar-refractivity contribution in [2.45, 2.75) is 381 Å². The van der Waals surface area contributed by atoms with Crippen molar-refractivity contribution in [3.8, 4) is 0 Å². The molecule has 4 heterocycles. The summed E-state index contributed by atoms with van der Waals surface area (Å²) in [5.74, 6) is 2.81. The van der Waals surface area contributed by atoms with Gasteiger partial charge in [-0.05, 0) is 225 Å². The van der Waals surface area contributed by atoms with E-state index in [2.05, 4.69) is 261 Å². The number of hydrogen-bond acceptors (Lipinski definition) is 14. The Morgan fingerprint density at radius 3 is 1.00 bits per heavy atom. The lowest BCUT2D eigenvalue weighted by atomic mass is 9.84. The van der Waals surface area contributed by atoms with Gasteiger partial charge in [0.25, 0.3) is 0 Å². The number of nitrogens with one attached hydrogen (secondary N) is 7. The van der Waals surface area contributed by atoms with E-state index < -0.39 is 0 Å². The maximum absolute atomic E-state index is 5.27. The maximum atomic E-state index is 5.27. The molecule has 9 N–H and O–H groups in total. The van der Waals surface area contributed by atoms with Gasteiger partial charge < -0.3 is 67.5 Å². The van der Waals surface area contributed by atoms with Crippen molar-refractivity contribution in [2.24, 2.45) is 23.5 Å². The number of unbranched alkanes of at least 4 members (excludes halogenated alkanes) is 2. The minimum absolute atomic E-state index is 0.599. The van der Waals surface area contributed by atoms with Crippen molar-refractivity contribution in [3.05, 3.63) is 0 Å². The summed E-state index contributed by atoms with van der Waals surface area (Å²) < 4.78 is 0. The first-order valence-electron chi connectivity index (χ1n) is 41.7. The van der Waals surface area contributed by atoms with Crippen molar-refractivity contribution in [2.75, 3.05) is 146 Å². The number of nitrogens with two attached hydrogens (primary N) is 1. The number of rotatable bonds is 24. The third kappa shape index (κ3) is 87.8. The first-order chi connectivity index (χ1) is 45.7. The summed E-state index contributed by atoms with van der Waals surface area (Å²) >= 11 is 0. The van der Waals surface area contributed by atoms with Crippen molar-refractivity contribution in [3.63, 3.8) is 0 Å². The van der Waals surface area contributed by atoms with Crippen LogP contribution in [0, 0.1) is 17.8 Å². The molecule has 4 saturated heterocycles. The van der Waals surface area contributed by atoms with E-state index in [0.717, 1.165) is 67.5 Å². The van der Waals surface area contributed by atoms with E-state index in [1.807, 2.05) is 21.1 Å². The summed E-state index contributed by atoms with van der Waals surface area (Å²) in [5.41, 5.74) is 5.27. The van der Waals surface area contributed by atoms with Crippen LogP contribution in [0.3, 0.4) is 0 Å². The molecule has 594 valence electrons. The summed E-state index contributed by atoms with van der Waals surface area (Å²) in [7, 11) is 10.3. The molecular formula is C83H192N14. The fraction of sp³-hybridized carbons (Fsp3) is 1.00. The van der Waals surface area contributed by atoms with Crippen LogP contribution in [0.5, 0.6) is 0 Å². The summed E-state index contributed by atoms with van der Waals surface area (Å²) in [6, 6.07) is 7.68. The Labute approximate surface area is 614 Å². The quantitative estimate of drug-likeness (QED) is 0.0437. The molecule has 97 heavy (non-hydrogen) atoms. The van der Waals surface area contributed by atoms with Crippen LogP contribution in [0.25, 0.3) is 0 Å². The van der Waals surface area contributed by atoms with Gasteiger partial charge in [-0.2, -0.15) is 0 Å². The lowest BCUT2D eigenvalue weighted by Crippen LogP contribution is -2.47. The van der Waals surface area contributed by atoms with E-state index >= 15 is 0 Å². The summed E-state index contributed by atoms with van der Waals surface area (Å²) in [5, 5.41) is 22.4. The maximum Gasteiger partial charge on any atom is 0.0112 e. The largest absolute Gasteiger partial charge is 0.330 e. The lowest BCUT2D eigenvalue weighted by molar-refractivity contribution is 0.126. The van der Waals surface area contributed by atoms with Crippen molar-refractivity contribution >= 4 is 0 Å². The zero-order valence-corrected chi connectivity index (χ0v) is 72.7. The molecule has 14 heteroatoms. The minimum atomic E-state index is 0.599. The summed E-state index contributed by atoms with van der Waals surface area (Å²) in [4.78, 5) is 15.1. The van der Waals surface area contributed by atoms with E-state index in [1.54, 1.807) is 0 Å². The number of piperidine rings is 1. The van der Waals surface area contributed by atoms with Gasteiger partial charge in [0.05, 0.1) is 0 Å². The van der Waals surface area contributed by atoms with E-state index in [1.165, 1.54) is 227 Å². The van der Waals surface area contributed by atoms with E-state index in [-0.39, 0.29) is 0 Å². The zero-order valence-electron chi connectivity index (χ0n) is 72.7. The number of nitrogens with zero attached hydrogens (tertiary/aromatic N) is 6. The highest BCUT2D eigenvalue weighted by Crippen LogP contribution is 2.28. The van der Waals surface area contributed by atoms with Crippen LogP contribution in [-0.4, -0.2) is 242 Å². The van der Waals surface area contributed by atoms with Crippen LogP contribution in [0.15, 0.2) is 0 Å². The molecule has 0 unspecified atom stereocenters. The number of likely N-dealkylation sites (tertiary alicyclic amines) is 2. The van der Waals surface area contributed by atoms with Crippen molar-refractivity contribution < 1.29 is 0 Å². The first kappa shape index (κ1) is 107. The summed E-state index contributed by atoms with van der Waals surface area (Å²) in [6.07, 6.45) is 29.6. The van der Waals surface area contributed by atoms with Gasteiger partial charge in [-0.25, -0.2) is 0 Å². The minimum Gasteiger partial charge on any atom is -0.330 e. The second-order valence-corrected chi connectivity index (χ2v) is 32.6. The molecule has 0 spiro atoms. The van der Waals surface area contributed by atoms with Crippen molar-refractivity contribution in [1.82, 2.24) is 66.6 Å².